The molecule has 0 aliphatic carbocycles. The number of methoxy groups -OCH3 is 1. The van der Waals surface area contributed by atoms with E-state index >= 15 is 0 Å². The smallest absolute Gasteiger partial charge is 0.230 e. The highest BCUT2D eigenvalue weighted by molar-refractivity contribution is 7.14. The number of hydrogen-bond donors (Lipinski definition) is 2. The number of aryl methyl sites for hydroxylation is 1. The van der Waals surface area contributed by atoms with Crippen LogP contribution < -0.4 is 15.4 Å². The van der Waals surface area contributed by atoms with E-state index in [9.17, 15) is 9.59 Å². The molecule has 0 fully saturated rings. The fourth-order valence-corrected chi connectivity index (χ4v) is 4.51. The molecule has 0 saturated carbocycles. The van der Waals surface area contributed by atoms with Crippen LogP contribution in [0, 0.1) is 0 Å². The summed E-state index contributed by atoms with van der Waals surface area (Å²) in [6, 6.07) is 13.9. The molecule has 34 heavy (non-hydrogen) atoms. The van der Waals surface area contributed by atoms with Crippen LogP contribution in [0.5, 0.6) is 5.75 Å². The highest BCUT2D eigenvalue weighted by Gasteiger charge is 2.13. The number of nitrogens with one attached hydrogen (secondary N) is 2. The standard InChI is InChI=1S/C26H27N3O4S/c1-16(27-17(2)30)4-5-18-6-8-19(9-7-18)23-15-34-26(28-23)29-25(31)12-20-14-33-24-13-21(32-3)10-11-22(20)24/h6-11,13-16H,4-5,12H2,1-3H3,(H,27,30)(H,28,29,31)/t16-/m0/s1. The van der Waals surface area contributed by atoms with Gasteiger partial charge in [-0.1, -0.05) is 24.3 Å². The summed E-state index contributed by atoms with van der Waals surface area (Å²) in [7, 11) is 1.60. The van der Waals surface area contributed by atoms with Crippen molar-refractivity contribution < 1.29 is 18.7 Å². The number of furan rings is 1. The van der Waals surface area contributed by atoms with Gasteiger partial charge >= 0.3 is 0 Å². The zero-order chi connectivity index (χ0) is 24.1. The average Bonchev–Trinajstić information content (AvgIpc) is 3.44. The van der Waals surface area contributed by atoms with E-state index in [1.165, 1.54) is 23.8 Å². The first-order chi connectivity index (χ1) is 16.4. The van der Waals surface area contributed by atoms with Crippen LogP contribution in [0.1, 0.15) is 31.4 Å². The number of carbonyl (C=O) groups excluding carboxylic acids is 2. The number of carbonyl (C=O) groups is 2. The molecular formula is C26H27N3O4S. The van der Waals surface area contributed by atoms with Gasteiger partial charge in [0.2, 0.25) is 11.8 Å². The number of amides is 2. The molecule has 0 unspecified atom stereocenters. The van der Waals surface area contributed by atoms with Crippen LogP contribution in [0.4, 0.5) is 5.13 Å². The summed E-state index contributed by atoms with van der Waals surface area (Å²) in [4.78, 5) is 28.3. The van der Waals surface area contributed by atoms with Gasteiger partial charge in [-0.2, -0.15) is 0 Å². The molecule has 0 spiro atoms. The minimum atomic E-state index is -0.150. The third-order valence-corrected chi connectivity index (χ3v) is 6.29. The van der Waals surface area contributed by atoms with Crippen molar-refractivity contribution in [3.8, 4) is 17.0 Å². The molecule has 0 bridgehead atoms. The van der Waals surface area contributed by atoms with Gasteiger partial charge in [0.15, 0.2) is 5.13 Å². The lowest BCUT2D eigenvalue weighted by atomic mass is 10.0. The second kappa shape index (κ2) is 10.5. The molecule has 4 aromatic rings. The number of thiazole rings is 1. The molecule has 2 aromatic carbocycles. The minimum Gasteiger partial charge on any atom is -0.497 e. The molecule has 1 atom stereocenters. The van der Waals surface area contributed by atoms with E-state index in [2.05, 4.69) is 27.8 Å². The summed E-state index contributed by atoms with van der Waals surface area (Å²) in [5.74, 6) is 0.553. The lowest BCUT2D eigenvalue weighted by Crippen LogP contribution is -2.30. The number of anilines is 1. The quantitative estimate of drug-likeness (QED) is 0.345. The second-order valence-electron chi connectivity index (χ2n) is 8.22. The Morgan fingerprint density at radius 1 is 1.18 bits per heavy atom. The largest absolute Gasteiger partial charge is 0.497 e. The molecule has 7 nitrogen and oxygen atoms in total. The first-order valence-electron chi connectivity index (χ1n) is 11.1. The summed E-state index contributed by atoms with van der Waals surface area (Å²) < 4.78 is 10.8. The normalized spacial score (nSPS) is 11.9. The third kappa shape index (κ3) is 5.82. The van der Waals surface area contributed by atoms with Crippen LogP contribution in [0.15, 0.2) is 58.5 Å². The van der Waals surface area contributed by atoms with Crippen LogP contribution in [0.25, 0.3) is 22.2 Å². The van der Waals surface area contributed by atoms with Crippen molar-refractivity contribution >= 4 is 39.3 Å². The maximum Gasteiger partial charge on any atom is 0.230 e. The van der Waals surface area contributed by atoms with Gasteiger partial charge in [0.05, 0.1) is 25.5 Å². The molecular weight excluding hydrogens is 450 g/mol. The topological polar surface area (TPSA) is 93.5 Å². The van der Waals surface area contributed by atoms with E-state index in [-0.39, 0.29) is 24.3 Å². The Labute approximate surface area is 202 Å². The monoisotopic (exact) mass is 477 g/mol. The van der Waals surface area contributed by atoms with Crippen molar-refractivity contribution in [3.05, 3.63) is 65.2 Å². The van der Waals surface area contributed by atoms with Gasteiger partial charge in [-0.15, -0.1) is 11.3 Å². The summed E-state index contributed by atoms with van der Waals surface area (Å²) >= 11 is 1.39. The van der Waals surface area contributed by atoms with Gasteiger partial charge in [-0.05, 0) is 37.5 Å². The van der Waals surface area contributed by atoms with Crippen LogP contribution in [-0.2, 0) is 22.4 Å². The SMILES string of the molecule is COc1ccc2c(CC(=O)Nc3nc(-c4ccc(CC[C@H](C)NC(C)=O)cc4)cs3)coc2c1. The number of rotatable bonds is 9. The summed E-state index contributed by atoms with van der Waals surface area (Å²) in [6.07, 6.45) is 3.57. The molecule has 2 aromatic heterocycles. The number of nitrogens with zero attached hydrogens (tertiary/aromatic N) is 1. The maximum absolute atomic E-state index is 12.6. The minimum absolute atomic E-state index is 0.00643. The highest BCUT2D eigenvalue weighted by atomic mass is 32.1. The summed E-state index contributed by atoms with van der Waals surface area (Å²) in [6.45, 7) is 3.54. The predicted molar refractivity (Wildman–Crippen MR) is 134 cm³/mol. The van der Waals surface area contributed by atoms with Crippen LogP contribution >= 0.6 is 11.3 Å². The Kier molecular flexibility index (Phi) is 7.27. The van der Waals surface area contributed by atoms with E-state index in [1.807, 2.05) is 36.6 Å². The van der Waals surface area contributed by atoms with Crippen LogP contribution in [-0.4, -0.2) is 29.9 Å². The van der Waals surface area contributed by atoms with E-state index in [4.69, 9.17) is 9.15 Å². The molecule has 2 heterocycles. The molecule has 8 heteroatoms. The summed E-state index contributed by atoms with van der Waals surface area (Å²) in [5.41, 5.74) is 4.52. The predicted octanol–water partition coefficient (Wildman–Crippen LogP) is 5.20. The van der Waals surface area contributed by atoms with Gasteiger partial charge < -0.3 is 19.8 Å². The van der Waals surface area contributed by atoms with Crippen molar-refractivity contribution in [2.75, 3.05) is 12.4 Å². The van der Waals surface area contributed by atoms with Crippen molar-refractivity contribution in [1.29, 1.82) is 0 Å². The molecule has 176 valence electrons. The fraction of sp³-hybridized carbons (Fsp3) is 0.269. The molecule has 0 aliphatic rings. The van der Waals surface area contributed by atoms with Crippen molar-refractivity contribution in [2.45, 2.75) is 39.2 Å². The van der Waals surface area contributed by atoms with Crippen LogP contribution in [0.2, 0.25) is 0 Å². The number of fused-ring (bicyclic) bond motifs is 1. The average molecular weight is 478 g/mol. The lowest BCUT2D eigenvalue weighted by molar-refractivity contribution is -0.119. The Balaban J connectivity index is 1.34. The summed E-state index contributed by atoms with van der Waals surface area (Å²) in [5, 5.41) is 9.17. The number of hydrogen-bond acceptors (Lipinski definition) is 6. The van der Waals surface area contributed by atoms with Gasteiger partial charge in [0.25, 0.3) is 0 Å². The molecule has 2 amide bonds. The zero-order valence-electron chi connectivity index (χ0n) is 19.4. The van der Waals surface area contributed by atoms with Gasteiger partial charge in [0, 0.05) is 40.9 Å². The van der Waals surface area contributed by atoms with Crippen molar-refractivity contribution in [3.63, 3.8) is 0 Å². The van der Waals surface area contributed by atoms with Gasteiger partial charge in [-0.25, -0.2) is 4.98 Å². The Morgan fingerprint density at radius 2 is 1.97 bits per heavy atom. The van der Waals surface area contributed by atoms with Gasteiger partial charge in [-0.3, -0.25) is 9.59 Å². The first kappa shape index (κ1) is 23.5. The van der Waals surface area contributed by atoms with Crippen LogP contribution in [0.3, 0.4) is 0 Å². The molecule has 0 aliphatic heterocycles. The Bertz CT molecular complexity index is 1290. The third-order valence-electron chi connectivity index (χ3n) is 5.53. The number of aromatic nitrogens is 1. The molecule has 0 saturated heterocycles. The number of ether oxygens (including phenoxy) is 1. The van der Waals surface area contributed by atoms with Gasteiger partial charge in [0.1, 0.15) is 11.3 Å². The fourth-order valence-electron chi connectivity index (χ4n) is 3.77. The molecule has 2 N–H and O–H groups in total. The highest BCUT2D eigenvalue weighted by Crippen LogP contribution is 2.28. The zero-order valence-corrected chi connectivity index (χ0v) is 20.2. The van der Waals surface area contributed by atoms with Crippen molar-refractivity contribution in [1.82, 2.24) is 10.3 Å². The van der Waals surface area contributed by atoms with Crippen molar-refractivity contribution in [2.24, 2.45) is 0 Å². The molecule has 4 rings (SSSR count). The Morgan fingerprint density at radius 3 is 2.71 bits per heavy atom. The second-order valence-corrected chi connectivity index (χ2v) is 9.08. The molecule has 0 radical (unpaired) electrons. The number of benzene rings is 2. The first-order valence-corrected chi connectivity index (χ1v) is 11.9. The van der Waals surface area contributed by atoms with E-state index in [0.717, 1.165) is 35.0 Å². The Hall–Kier alpha value is -3.65. The van der Waals surface area contributed by atoms with E-state index in [0.29, 0.717) is 16.5 Å². The van der Waals surface area contributed by atoms with E-state index < -0.39 is 0 Å². The maximum atomic E-state index is 12.6. The van der Waals surface area contributed by atoms with E-state index in [1.54, 1.807) is 19.4 Å². The lowest BCUT2D eigenvalue weighted by Gasteiger charge is -2.12.